The molecular formula is C17H23N3O4. The molecule has 1 unspecified atom stereocenters. The number of esters is 1. The number of nitrogens with zero attached hydrogens (tertiary/aromatic N) is 2. The lowest BCUT2D eigenvalue weighted by Crippen LogP contribution is -2.47. The topological polar surface area (TPSA) is 81.9 Å². The Bertz CT molecular complexity index is 787. The Hall–Kier alpha value is -2.25. The Kier molecular flexibility index (Phi) is 5.69. The highest BCUT2D eigenvalue weighted by atomic mass is 16.5. The van der Waals surface area contributed by atoms with Gasteiger partial charge in [-0.1, -0.05) is 6.07 Å². The first-order chi connectivity index (χ1) is 11.4. The summed E-state index contributed by atoms with van der Waals surface area (Å²) in [5, 5.41) is 3.25. The van der Waals surface area contributed by atoms with Gasteiger partial charge in [-0.3, -0.25) is 14.0 Å². The van der Waals surface area contributed by atoms with Crippen LogP contribution in [0.15, 0.2) is 29.2 Å². The number of carbonyl (C=O) groups is 1. The van der Waals surface area contributed by atoms with Crippen LogP contribution in [0.2, 0.25) is 0 Å². The second-order valence-corrected chi connectivity index (χ2v) is 6.07. The van der Waals surface area contributed by atoms with E-state index in [1.165, 1.54) is 17.6 Å². The molecule has 2 rings (SSSR count). The molecule has 0 saturated heterocycles. The highest BCUT2D eigenvalue weighted by Crippen LogP contribution is 2.13. The standard InChI is InChI=1S/C17H23N3O4/c1-12-6-5-7-20-14(21)8-13(19-16(12)20)10-18-17(2,11-23-3)9-15(22)24-4/h5-8,18H,9-11H2,1-4H3. The third kappa shape index (κ3) is 4.18. The summed E-state index contributed by atoms with van der Waals surface area (Å²) in [5.74, 6) is -0.329. The number of carbonyl (C=O) groups excluding carboxylic acids is 1. The zero-order valence-electron chi connectivity index (χ0n) is 14.5. The van der Waals surface area contributed by atoms with E-state index in [1.54, 1.807) is 13.3 Å². The van der Waals surface area contributed by atoms with Gasteiger partial charge in [-0.05, 0) is 25.5 Å². The van der Waals surface area contributed by atoms with Crippen molar-refractivity contribution in [3.63, 3.8) is 0 Å². The summed E-state index contributed by atoms with van der Waals surface area (Å²) in [6.07, 6.45) is 1.85. The number of hydrogen-bond donors (Lipinski definition) is 1. The Balaban J connectivity index is 2.23. The van der Waals surface area contributed by atoms with Crippen molar-refractivity contribution in [1.82, 2.24) is 14.7 Å². The molecule has 1 atom stereocenters. The second-order valence-electron chi connectivity index (χ2n) is 6.07. The predicted molar refractivity (Wildman–Crippen MR) is 90.0 cm³/mol. The van der Waals surface area contributed by atoms with Crippen molar-refractivity contribution < 1.29 is 14.3 Å². The number of nitrogens with one attached hydrogen (secondary N) is 1. The van der Waals surface area contributed by atoms with Gasteiger partial charge < -0.3 is 14.8 Å². The molecule has 0 saturated carbocycles. The van der Waals surface area contributed by atoms with Crippen molar-refractivity contribution in [2.45, 2.75) is 32.4 Å². The highest BCUT2D eigenvalue weighted by Gasteiger charge is 2.28. The van der Waals surface area contributed by atoms with Crippen LogP contribution in [0.1, 0.15) is 24.6 Å². The van der Waals surface area contributed by atoms with Crippen molar-refractivity contribution in [3.8, 4) is 0 Å². The van der Waals surface area contributed by atoms with Crippen LogP contribution in [0.5, 0.6) is 0 Å². The van der Waals surface area contributed by atoms with Crippen LogP contribution < -0.4 is 10.9 Å². The second kappa shape index (κ2) is 7.55. The van der Waals surface area contributed by atoms with E-state index in [4.69, 9.17) is 9.47 Å². The van der Waals surface area contributed by atoms with Crippen LogP contribution in [-0.2, 0) is 20.8 Å². The average Bonchev–Trinajstić information content (AvgIpc) is 2.54. The molecule has 0 fully saturated rings. The lowest BCUT2D eigenvalue weighted by molar-refractivity contribution is -0.142. The first-order valence-electron chi connectivity index (χ1n) is 7.67. The summed E-state index contributed by atoms with van der Waals surface area (Å²) in [5.41, 5.74) is 1.41. The van der Waals surface area contributed by atoms with Gasteiger partial charge in [0.2, 0.25) is 0 Å². The molecule has 0 aliphatic rings. The number of fused-ring (bicyclic) bond motifs is 1. The molecule has 0 radical (unpaired) electrons. The average molecular weight is 333 g/mol. The minimum absolute atomic E-state index is 0.137. The third-order valence-electron chi connectivity index (χ3n) is 3.86. The smallest absolute Gasteiger partial charge is 0.307 e. The molecule has 2 aromatic rings. The van der Waals surface area contributed by atoms with Crippen LogP contribution in [-0.4, -0.2) is 41.7 Å². The fraction of sp³-hybridized carbons (Fsp3) is 0.471. The van der Waals surface area contributed by atoms with Crippen LogP contribution in [0.25, 0.3) is 5.65 Å². The number of methoxy groups -OCH3 is 2. The molecule has 2 aromatic heterocycles. The predicted octanol–water partition coefficient (Wildman–Crippen LogP) is 1.06. The summed E-state index contributed by atoms with van der Waals surface area (Å²) >= 11 is 0. The van der Waals surface area contributed by atoms with E-state index in [9.17, 15) is 9.59 Å². The number of rotatable bonds is 7. The summed E-state index contributed by atoms with van der Waals surface area (Å²) in [6.45, 7) is 4.45. The van der Waals surface area contributed by atoms with Crippen LogP contribution in [0.3, 0.4) is 0 Å². The number of pyridine rings is 1. The molecule has 130 valence electrons. The minimum Gasteiger partial charge on any atom is -0.469 e. The number of aryl methyl sites for hydroxylation is 1. The summed E-state index contributed by atoms with van der Waals surface area (Å²) < 4.78 is 11.4. The highest BCUT2D eigenvalue weighted by molar-refractivity contribution is 5.70. The lowest BCUT2D eigenvalue weighted by Gasteiger charge is -2.29. The zero-order chi connectivity index (χ0) is 17.7. The molecule has 0 spiro atoms. The molecular weight excluding hydrogens is 310 g/mol. The van der Waals surface area contributed by atoms with Gasteiger partial charge in [-0.15, -0.1) is 0 Å². The van der Waals surface area contributed by atoms with Crippen LogP contribution >= 0.6 is 0 Å². The monoisotopic (exact) mass is 333 g/mol. The number of hydrogen-bond acceptors (Lipinski definition) is 6. The van der Waals surface area contributed by atoms with E-state index < -0.39 is 5.54 Å². The van der Waals surface area contributed by atoms with E-state index in [0.717, 1.165) is 5.56 Å². The van der Waals surface area contributed by atoms with Gasteiger partial charge in [-0.2, -0.15) is 0 Å². The maximum atomic E-state index is 12.2. The molecule has 2 heterocycles. The van der Waals surface area contributed by atoms with Gasteiger partial charge in [0.1, 0.15) is 5.65 Å². The first-order valence-corrected chi connectivity index (χ1v) is 7.67. The fourth-order valence-electron chi connectivity index (χ4n) is 2.58. The Labute approximate surface area is 140 Å². The van der Waals surface area contributed by atoms with Gasteiger partial charge >= 0.3 is 5.97 Å². The van der Waals surface area contributed by atoms with Crippen molar-refractivity contribution in [2.75, 3.05) is 20.8 Å². The van der Waals surface area contributed by atoms with Gasteiger partial charge in [0.25, 0.3) is 5.56 Å². The van der Waals surface area contributed by atoms with Gasteiger partial charge in [0, 0.05) is 31.5 Å². The number of ether oxygens (including phenoxy) is 2. The van der Waals surface area contributed by atoms with Crippen molar-refractivity contribution in [2.24, 2.45) is 0 Å². The zero-order valence-corrected chi connectivity index (χ0v) is 14.5. The molecule has 24 heavy (non-hydrogen) atoms. The molecule has 0 aromatic carbocycles. The fourth-order valence-corrected chi connectivity index (χ4v) is 2.58. The summed E-state index contributed by atoms with van der Waals surface area (Å²) in [6, 6.07) is 5.21. The maximum Gasteiger partial charge on any atom is 0.307 e. The van der Waals surface area contributed by atoms with Crippen LogP contribution in [0, 0.1) is 6.92 Å². The Morgan fingerprint density at radius 1 is 1.42 bits per heavy atom. The first kappa shape index (κ1) is 18.1. The quantitative estimate of drug-likeness (QED) is 0.763. The van der Waals surface area contributed by atoms with Crippen molar-refractivity contribution in [1.29, 1.82) is 0 Å². The summed E-state index contributed by atoms with van der Waals surface area (Å²) in [7, 11) is 2.92. The molecule has 0 bridgehead atoms. The minimum atomic E-state index is -0.611. The molecule has 7 nitrogen and oxygen atoms in total. The Morgan fingerprint density at radius 3 is 2.83 bits per heavy atom. The maximum absolute atomic E-state index is 12.2. The molecule has 0 aliphatic carbocycles. The van der Waals surface area contributed by atoms with E-state index in [1.807, 2.05) is 26.0 Å². The lowest BCUT2D eigenvalue weighted by atomic mass is 9.99. The third-order valence-corrected chi connectivity index (χ3v) is 3.86. The van der Waals surface area contributed by atoms with Crippen LogP contribution in [0.4, 0.5) is 0 Å². The largest absolute Gasteiger partial charge is 0.469 e. The summed E-state index contributed by atoms with van der Waals surface area (Å²) in [4.78, 5) is 28.4. The van der Waals surface area contributed by atoms with E-state index in [-0.39, 0.29) is 17.9 Å². The Morgan fingerprint density at radius 2 is 2.17 bits per heavy atom. The molecule has 7 heteroatoms. The van der Waals surface area contributed by atoms with Crippen molar-refractivity contribution >= 4 is 11.6 Å². The van der Waals surface area contributed by atoms with Gasteiger partial charge in [-0.25, -0.2) is 4.98 Å². The van der Waals surface area contributed by atoms with E-state index in [2.05, 4.69) is 10.3 Å². The molecule has 0 amide bonds. The molecule has 1 N–H and O–H groups in total. The van der Waals surface area contributed by atoms with E-state index in [0.29, 0.717) is 24.5 Å². The normalized spacial score (nSPS) is 13.7. The molecule has 0 aliphatic heterocycles. The van der Waals surface area contributed by atoms with E-state index >= 15 is 0 Å². The SMILES string of the molecule is COCC(C)(CC(=O)OC)NCc1cc(=O)n2cccc(C)c2n1. The van der Waals surface area contributed by atoms with Gasteiger partial charge in [0.15, 0.2) is 0 Å². The van der Waals surface area contributed by atoms with Crippen molar-refractivity contribution in [3.05, 3.63) is 46.0 Å². The number of aromatic nitrogens is 2. The van der Waals surface area contributed by atoms with Gasteiger partial charge in [0.05, 0.1) is 25.8 Å².